The number of nitrogens with zero attached hydrogens (tertiary/aromatic N) is 1. The van der Waals surface area contributed by atoms with E-state index in [1.165, 1.54) is 42.5 Å². The largest absolute Gasteiger partial charge is 0.452 e. The molecule has 2 heterocycles. The van der Waals surface area contributed by atoms with E-state index in [2.05, 4.69) is 10.3 Å². The zero-order valence-corrected chi connectivity index (χ0v) is 15.4. The number of anilines is 1. The third-order valence-corrected chi connectivity index (χ3v) is 5.33. The summed E-state index contributed by atoms with van der Waals surface area (Å²) < 4.78 is 18.0. The lowest BCUT2D eigenvalue weighted by Crippen LogP contribution is -2.30. The molecule has 0 fully saturated rings. The van der Waals surface area contributed by atoms with Gasteiger partial charge in [0.2, 0.25) is 0 Å². The van der Waals surface area contributed by atoms with Crippen molar-refractivity contribution >= 4 is 40.2 Å². The molecular weight excluding hydrogens is 375 g/mol. The standard InChI is InChI=1S/C18H15FN2O3S2/c1-11(17(23)20-13-6-4-12(19)5-7-13)24-16(22)9-14-10-26-18(21-14)15-3-2-8-25-15/h2-8,10-11H,9H2,1H3,(H,20,23)/t11-/m1/s1. The first kappa shape index (κ1) is 18.2. The molecule has 0 saturated heterocycles. The highest BCUT2D eigenvalue weighted by molar-refractivity contribution is 7.20. The molecule has 8 heteroatoms. The van der Waals surface area contributed by atoms with Crippen molar-refractivity contribution in [2.75, 3.05) is 5.32 Å². The number of nitrogens with one attached hydrogen (secondary N) is 1. The monoisotopic (exact) mass is 390 g/mol. The molecule has 3 rings (SSSR count). The molecule has 0 saturated carbocycles. The second-order valence-corrected chi connectivity index (χ2v) is 7.23. The van der Waals surface area contributed by atoms with Crippen molar-refractivity contribution in [3.8, 4) is 9.88 Å². The number of halogens is 1. The number of amides is 1. The summed E-state index contributed by atoms with van der Waals surface area (Å²) in [4.78, 5) is 29.5. The number of esters is 1. The minimum Gasteiger partial charge on any atom is -0.452 e. The first-order valence-corrected chi connectivity index (χ1v) is 9.51. The first-order chi connectivity index (χ1) is 12.5. The van der Waals surface area contributed by atoms with Crippen LogP contribution in [-0.2, 0) is 20.7 Å². The van der Waals surface area contributed by atoms with Crippen LogP contribution in [0.15, 0.2) is 47.2 Å². The minimum atomic E-state index is -0.969. The minimum absolute atomic E-state index is 0.00393. The van der Waals surface area contributed by atoms with Gasteiger partial charge in [0.1, 0.15) is 10.8 Å². The van der Waals surface area contributed by atoms with Crippen molar-refractivity contribution in [3.05, 3.63) is 58.7 Å². The first-order valence-electron chi connectivity index (χ1n) is 7.75. The molecule has 5 nitrogen and oxygen atoms in total. The predicted molar refractivity (Wildman–Crippen MR) is 99.7 cm³/mol. The van der Waals surface area contributed by atoms with Crippen molar-refractivity contribution in [1.29, 1.82) is 0 Å². The summed E-state index contributed by atoms with van der Waals surface area (Å²) in [6.45, 7) is 1.48. The molecule has 0 bridgehead atoms. The number of benzene rings is 1. The van der Waals surface area contributed by atoms with Gasteiger partial charge in [-0.3, -0.25) is 9.59 Å². The summed E-state index contributed by atoms with van der Waals surface area (Å²) in [6.07, 6.45) is -0.973. The van der Waals surface area contributed by atoms with Crippen molar-refractivity contribution in [2.45, 2.75) is 19.4 Å². The van der Waals surface area contributed by atoms with E-state index < -0.39 is 23.8 Å². The van der Waals surface area contributed by atoms with Crippen molar-refractivity contribution in [1.82, 2.24) is 4.98 Å². The van der Waals surface area contributed by atoms with Gasteiger partial charge >= 0.3 is 5.97 Å². The number of hydrogen-bond donors (Lipinski definition) is 1. The van der Waals surface area contributed by atoms with E-state index in [0.29, 0.717) is 11.4 Å². The lowest BCUT2D eigenvalue weighted by Gasteiger charge is -2.13. The van der Waals surface area contributed by atoms with Gasteiger partial charge in [-0.25, -0.2) is 9.37 Å². The SMILES string of the molecule is C[C@@H](OC(=O)Cc1csc(-c2cccs2)n1)C(=O)Nc1ccc(F)cc1. The summed E-state index contributed by atoms with van der Waals surface area (Å²) in [7, 11) is 0. The van der Waals surface area contributed by atoms with Crippen LogP contribution in [0.4, 0.5) is 10.1 Å². The molecule has 0 radical (unpaired) electrons. The van der Waals surface area contributed by atoms with Crippen LogP contribution in [0.25, 0.3) is 9.88 Å². The van der Waals surface area contributed by atoms with Crippen LogP contribution >= 0.6 is 22.7 Å². The molecule has 134 valence electrons. The fraction of sp³-hybridized carbons (Fsp3) is 0.167. The Hall–Kier alpha value is -2.58. The van der Waals surface area contributed by atoms with Crippen molar-refractivity contribution in [2.24, 2.45) is 0 Å². The summed E-state index contributed by atoms with van der Waals surface area (Å²) in [6, 6.07) is 9.25. The van der Waals surface area contributed by atoms with Gasteiger partial charge in [0.15, 0.2) is 6.10 Å². The third-order valence-electron chi connectivity index (χ3n) is 3.40. The van der Waals surface area contributed by atoms with E-state index in [1.807, 2.05) is 17.5 Å². The number of carbonyl (C=O) groups excluding carboxylic acids is 2. The number of thiophene rings is 1. The molecule has 1 amide bonds. The van der Waals surface area contributed by atoms with Gasteiger partial charge in [-0.15, -0.1) is 22.7 Å². The number of hydrogen-bond acceptors (Lipinski definition) is 6. The third kappa shape index (κ3) is 4.74. The molecule has 0 aliphatic heterocycles. The molecule has 2 aromatic heterocycles. The number of aromatic nitrogens is 1. The number of carbonyl (C=O) groups is 2. The van der Waals surface area contributed by atoms with E-state index in [0.717, 1.165) is 9.88 Å². The predicted octanol–water partition coefficient (Wildman–Crippen LogP) is 4.12. The highest BCUT2D eigenvalue weighted by Gasteiger charge is 2.19. The summed E-state index contributed by atoms with van der Waals surface area (Å²) in [5, 5.41) is 7.19. The zero-order chi connectivity index (χ0) is 18.5. The molecule has 0 spiro atoms. The van der Waals surface area contributed by atoms with Crippen LogP contribution in [0, 0.1) is 5.82 Å². The van der Waals surface area contributed by atoms with E-state index in [1.54, 1.807) is 16.7 Å². The Labute approximate surface area is 157 Å². The average Bonchev–Trinajstić information content (AvgIpc) is 3.28. The Bertz CT molecular complexity index is 892. The van der Waals surface area contributed by atoms with E-state index >= 15 is 0 Å². The molecule has 0 aliphatic rings. The molecule has 0 unspecified atom stereocenters. The maximum absolute atomic E-state index is 12.9. The highest BCUT2D eigenvalue weighted by atomic mass is 32.1. The molecule has 0 aliphatic carbocycles. The van der Waals surface area contributed by atoms with Gasteiger partial charge < -0.3 is 10.1 Å². The highest BCUT2D eigenvalue weighted by Crippen LogP contribution is 2.28. The lowest BCUT2D eigenvalue weighted by atomic mass is 10.3. The Morgan fingerprint density at radius 3 is 2.69 bits per heavy atom. The quantitative estimate of drug-likeness (QED) is 0.643. The Balaban J connectivity index is 1.52. The normalized spacial score (nSPS) is 11.8. The number of thiazole rings is 1. The van der Waals surface area contributed by atoms with Crippen molar-refractivity contribution < 1.29 is 18.7 Å². The van der Waals surface area contributed by atoms with Gasteiger partial charge in [0.05, 0.1) is 17.0 Å². The second kappa shape index (κ2) is 8.20. The van der Waals surface area contributed by atoms with Crippen LogP contribution < -0.4 is 5.32 Å². The van der Waals surface area contributed by atoms with Gasteiger partial charge in [0.25, 0.3) is 5.91 Å². The molecule has 3 aromatic rings. The lowest BCUT2D eigenvalue weighted by molar-refractivity contribution is -0.152. The number of rotatable bonds is 6. The second-order valence-electron chi connectivity index (χ2n) is 5.43. The fourth-order valence-corrected chi connectivity index (χ4v) is 3.75. The topological polar surface area (TPSA) is 68.3 Å². The van der Waals surface area contributed by atoms with Gasteiger partial charge in [-0.2, -0.15) is 0 Å². The molecule has 1 aromatic carbocycles. The van der Waals surface area contributed by atoms with Crippen LogP contribution in [-0.4, -0.2) is 23.0 Å². The van der Waals surface area contributed by atoms with Crippen molar-refractivity contribution in [3.63, 3.8) is 0 Å². The zero-order valence-electron chi connectivity index (χ0n) is 13.8. The summed E-state index contributed by atoms with van der Waals surface area (Å²) in [5.41, 5.74) is 1.04. The van der Waals surface area contributed by atoms with E-state index in [4.69, 9.17) is 4.74 Å². The Kier molecular flexibility index (Phi) is 5.75. The summed E-state index contributed by atoms with van der Waals surface area (Å²) in [5.74, 6) is -1.41. The van der Waals surface area contributed by atoms with Gasteiger partial charge in [-0.1, -0.05) is 6.07 Å². The smallest absolute Gasteiger partial charge is 0.312 e. The van der Waals surface area contributed by atoms with Gasteiger partial charge in [-0.05, 0) is 42.6 Å². The molecular formula is C18H15FN2O3S2. The molecule has 1 N–H and O–H groups in total. The van der Waals surface area contributed by atoms with E-state index in [-0.39, 0.29) is 6.42 Å². The van der Waals surface area contributed by atoms with E-state index in [9.17, 15) is 14.0 Å². The average molecular weight is 390 g/mol. The fourth-order valence-electron chi connectivity index (χ4n) is 2.12. The summed E-state index contributed by atoms with van der Waals surface area (Å²) >= 11 is 3.04. The maximum atomic E-state index is 12.9. The Morgan fingerprint density at radius 2 is 2.00 bits per heavy atom. The van der Waals surface area contributed by atoms with Crippen LogP contribution in [0.2, 0.25) is 0 Å². The van der Waals surface area contributed by atoms with Crippen LogP contribution in [0.5, 0.6) is 0 Å². The molecule has 1 atom stereocenters. The van der Waals surface area contributed by atoms with Crippen LogP contribution in [0.1, 0.15) is 12.6 Å². The molecule has 26 heavy (non-hydrogen) atoms. The Morgan fingerprint density at radius 1 is 1.23 bits per heavy atom. The number of ether oxygens (including phenoxy) is 1. The maximum Gasteiger partial charge on any atom is 0.312 e. The van der Waals surface area contributed by atoms with Crippen LogP contribution in [0.3, 0.4) is 0 Å². The van der Waals surface area contributed by atoms with Gasteiger partial charge in [0, 0.05) is 11.1 Å².